The number of halogens is 1. The van der Waals surface area contributed by atoms with Gasteiger partial charge in [0.15, 0.2) is 9.84 Å². The van der Waals surface area contributed by atoms with Crippen LogP contribution >= 0.6 is 23.4 Å². The standard InChI is InChI=1S/C13H14ClN5O3S2/c14-9-2-1-3-11(6-9)19-13(16-17-18-19)23-7-12(20)15-10-4-5-24(21,22)8-10/h1-3,6,10H,4-5,7-8H2,(H,15,20)/t10-/m0/s1. The minimum absolute atomic E-state index is 0.00363. The molecule has 1 aliphatic rings. The number of carbonyl (C=O) groups is 1. The Morgan fingerprint density at radius 1 is 1.46 bits per heavy atom. The quantitative estimate of drug-likeness (QED) is 0.753. The van der Waals surface area contributed by atoms with Gasteiger partial charge in [-0.05, 0) is 35.0 Å². The van der Waals surface area contributed by atoms with E-state index in [4.69, 9.17) is 11.6 Å². The van der Waals surface area contributed by atoms with E-state index in [9.17, 15) is 13.2 Å². The van der Waals surface area contributed by atoms with Crippen LogP contribution in [0, 0.1) is 0 Å². The molecule has 0 radical (unpaired) electrons. The summed E-state index contributed by atoms with van der Waals surface area (Å²) in [5.74, 6) is -0.0260. The fourth-order valence-corrected chi connectivity index (χ4v) is 4.91. The molecule has 0 spiro atoms. The molecule has 8 nitrogen and oxygen atoms in total. The zero-order valence-electron chi connectivity index (χ0n) is 12.4. The van der Waals surface area contributed by atoms with Crippen molar-refractivity contribution in [2.75, 3.05) is 17.3 Å². The lowest BCUT2D eigenvalue weighted by Gasteiger charge is -2.10. The molecule has 24 heavy (non-hydrogen) atoms. The van der Waals surface area contributed by atoms with E-state index in [1.165, 1.54) is 16.4 Å². The number of nitrogens with zero attached hydrogens (tertiary/aromatic N) is 4. The van der Waals surface area contributed by atoms with Crippen LogP contribution in [-0.4, -0.2) is 57.8 Å². The number of carbonyl (C=O) groups excluding carboxylic acids is 1. The minimum Gasteiger partial charge on any atom is -0.352 e. The summed E-state index contributed by atoms with van der Waals surface area (Å²) in [7, 11) is -3.02. The first-order chi connectivity index (χ1) is 11.4. The van der Waals surface area contributed by atoms with Gasteiger partial charge in [0.2, 0.25) is 11.1 Å². The molecule has 128 valence electrons. The highest BCUT2D eigenvalue weighted by Crippen LogP contribution is 2.20. The Labute approximate surface area is 147 Å². The molecule has 0 aliphatic carbocycles. The first-order valence-corrected chi connectivity index (χ1v) is 10.3. The van der Waals surface area contributed by atoms with Crippen molar-refractivity contribution in [2.45, 2.75) is 17.6 Å². The maximum atomic E-state index is 12.0. The van der Waals surface area contributed by atoms with E-state index >= 15 is 0 Å². The van der Waals surface area contributed by atoms with E-state index in [2.05, 4.69) is 20.8 Å². The van der Waals surface area contributed by atoms with Crippen LogP contribution in [-0.2, 0) is 14.6 Å². The Balaban J connectivity index is 1.60. The lowest BCUT2D eigenvalue weighted by Crippen LogP contribution is -2.36. The van der Waals surface area contributed by atoms with Crippen molar-refractivity contribution in [3.8, 4) is 5.69 Å². The number of sulfone groups is 1. The van der Waals surface area contributed by atoms with Crippen molar-refractivity contribution in [3.05, 3.63) is 29.3 Å². The maximum absolute atomic E-state index is 12.0. The molecule has 1 aromatic heterocycles. The number of rotatable bonds is 5. The molecule has 2 heterocycles. The third-order valence-electron chi connectivity index (χ3n) is 3.42. The third kappa shape index (κ3) is 4.25. The number of nitrogens with one attached hydrogen (secondary N) is 1. The molecule has 1 saturated heterocycles. The number of thioether (sulfide) groups is 1. The lowest BCUT2D eigenvalue weighted by molar-refractivity contribution is -0.119. The van der Waals surface area contributed by atoms with Crippen LogP contribution < -0.4 is 5.32 Å². The van der Waals surface area contributed by atoms with E-state index in [0.29, 0.717) is 22.3 Å². The van der Waals surface area contributed by atoms with Gasteiger partial charge in [0, 0.05) is 11.1 Å². The molecule has 0 bridgehead atoms. The second-order valence-corrected chi connectivity index (χ2v) is 8.92. The summed E-state index contributed by atoms with van der Waals surface area (Å²) in [6, 6.07) is 6.72. The number of benzene rings is 1. The highest BCUT2D eigenvalue weighted by atomic mass is 35.5. The molecule has 1 fully saturated rings. The van der Waals surface area contributed by atoms with E-state index in [-0.39, 0.29) is 29.2 Å². The van der Waals surface area contributed by atoms with Crippen LogP contribution in [0.1, 0.15) is 6.42 Å². The predicted octanol–water partition coefficient (Wildman–Crippen LogP) is 0.711. The minimum atomic E-state index is -3.02. The molecule has 1 amide bonds. The Morgan fingerprint density at radius 3 is 3.00 bits per heavy atom. The summed E-state index contributed by atoms with van der Waals surface area (Å²) in [6.07, 6.45) is 0.457. The second kappa shape index (κ2) is 7.08. The Morgan fingerprint density at radius 2 is 2.29 bits per heavy atom. The van der Waals surface area contributed by atoms with Crippen molar-refractivity contribution < 1.29 is 13.2 Å². The average Bonchev–Trinajstić information content (AvgIpc) is 3.11. The molecule has 0 saturated carbocycles. The van der Waals surface area contributed by atoms with Gasteiger partial charge in [-0.25, -0.2) is 8.42 Å². The maximum Gasteiger partial charge on any atom is 0.230 e. The number of amides is 1. The summed E-state index contributed by atoms with van der Waals surface area (Å²) in [6.45, 7) is 0. The van der Waals surface area contributed by atoms with Gasteiger partial charge in [-0.15, -0.1) is 5.10 Å². The summed E-state index contributed by atoms with van der Waals surface area (Å²) in [4.78, 5) is 12.0. The zero-order chi connectivity index (χ0) is 17.2. The molecular formula is C13H14ClN5O3S2. The number of aromatic nitrogens is 4. The number of hydrogen-bond acceptors (Lipinski definition) is 7. The summed E-state index contributed by atoms with van der Waals surface area (Å²) >= 11 is 7.13. The number of tetrazole rings is 1. The molecular weight excluding hydrogens is 374 g/mol. The van der Waals surface area contributed by atoms with Crippen LogP contribution in [0.4, 0.5) is 0 Å². The van der Waals surface area contributed by atoms with E-state index < -0.39 is 9.84 Å². The summed E-state index contributed by atoms with van der Waals surface area (Å²) in [5.41, 5.74) is 0.692. The van der Waals surface area contributed by atoms with Gasteiger partial charge in [-0.2, -0.15) is 4.68 Å². The molecule has 1 aliphatic heterocycles. The van der Waals surface area contributed by atoms with Gasteiger partial charge in [0.05, 0.1) is 22.9 Å². The first kappa shape index (κ1) is 17.2. The van der Waals surface area contributed by atoms with Gasteiger partial charge in [0.25, 0.3) is 0 Å². The van der Waals surface area contributed by atoms with Crippen molar-refractivity contribution in [2.24, 2.45) is 0 Å². The van der Waals surface area contributed by atoms with E-state index in [1.54, 1.807) is 24.3 Å². The average molecular weight is 388 g/mol. The SMILES string of the molecule is O=C(CSc1nnnn1-c1cccc(Cl)c1)N[C@H]1CCS(=O)(=O)C1. The second-order valence-electron chi connectivity index (χ2n) is 5.31. The van der Waals surface area contributed by atoms with Crippen LogP contribution in [0.25, 0.3) is 5.69 Å². The molecule has 1 aromatic carbocycles. The highest BCUT2D eigenvalue weighted by Gasteiger charge is 2.28. The van der Waals surface area contributed by atoms with Gasteiger partial charge in [-0.1, -0.05) is 29.4 Å². The Kier molecular flexibility index (Phi) is 5.07. The number of hydrogen-bond donors (Lipinski definition) is 1. The largest absolute Gasteiger partial charge is 0.352 e. The molecule has 0 unspecified atom stereocenters. The van der Waals surface area contributed by atoms with Gasteiger partial charge >= 0.3 is 0 Å². The molecule has 2 aromatic rings. The van der Waals surface area contributed by atoms with Gasteiger partial charge in [0.1, 0.15) is 0 Å². The topological polar surface area (TPSA) is 107 Å². The molecule has 3 rings (SSSR count). The van der Waals surface area contributed by atoms with Crippen molar-refractivity contribution in [3.63, 3.8) is 0 Å². The Hall–Kier alpha value is -1.65. The smallest absolute Gasteiger partial charge is 0.230 e. The third-order valence-corrected chi connectivity index (χ3v) is 6.35. The van der Waals surface area contributed by atoms with Crippen molar-refractivity contribution >= 4 is 39.1 Å². The fourth-order valence-electron chi connectivity index (χ4n) is 2.35. The van der Waals surface area contributed by atoms with E-state index in [1.807, 2.05) is 0 Å². The fraction of sp³-hybridized carbons (Fsp3) is 0.385. The normalized spacial score (nSPS) is 19.3. The monoisotopic (exact) mass is 387 g/mol. The van der Waals surface area contributed by atoms with Gasteiger partial charge in [-0.3, -0.25) is 4.79 Å². The van der Waals surface area contributed by atoms with Crippen LogP contribution in [0.5, 0.6) is 0 Å². The zero-order valence-corrected chi connectivity index (χ0v) is 14.8. The van der Waals surface area contributed by atoms with E-state index in [0.717, 1.165) is 0 Å². The predicted molar refractivity (Wildman–Crippen MR) is 90.1 cm³/mol. The van der Waals surface area contributed by atoms with Crippen molar-refractivity contribution in [1.29, 1.82) is 0 Å². The molecule has 11 heteroatoms. The lowest BCUT2D eigenvalue weighted by atomic mass is 10.3. The first-order valence-electron chi connectivity index (χ1n) is 7.10. The highest BCUT2D eigenvalue weighted by molar-refractivity contribution is 7.99. The van der Waals surface area contributed by atoms with Crippen molar-refractivity contribution in [1.82, 2.24) is 25.5 Å². The summed E-state index contributed by atoms with van der Waals surface area (Å²) < 4.78 is 24.3. The van der Waals surface area contributed by atoms with Gasteiger partial charge < -0.3 is 5.32 Å². The Bertz CT molecular complexity index is 855. The van der Waals surface area contributed by atoms with Crippen LogP contribution in [0.3, 0.4) is 0 Å². The molecule has 1 N–H and O–H groups in total. The van der Waals surface area contributed by atoms with Crippen LogP contribution in [0.15, 0.2) is 29.4 Å². The summed E-state index contributed by atoms with van der Waals surface area (Å²) in [5, 5.41) is 15.1. The molecule has 1 atom stereocenters. The van der Waals surface area contributed by atoms with Crippen LogP contribution in [0.2, 0.25) is 5.02 Å².